The van der Waals surface area contributed by atoms with E-state index in [2.05, 4.69) is 45.7 Å². The third kappa shape index (κ3) is 6.30. The minimum Gasteiger partial charge on any atom is -0.444 e. The number of pyridine rings is 2. The van der Waals surface area contributed by atoms with Crippen molar-refractivity contribution in [3.8, 4) is 22.1 Å². The maximum Gasteiger partial charge on any atom is 0.208 e. The van der Waals surface area contributed by atoms with Gasteiger partial charge in [-0.1, -0.05) is 55.5 Å². The number of aromatic nitrogens is 3. The van der Waals surface area contributed by atoms with Gasteiger partial charge in [-0.05, 0) is 31.2 Å². The second kappa shape index (κ2) is 12.3. The minimum atomic E-state index is 0.639. The van der Waals surface area contributed by atoms with E-state index in [1.54, 1.807) is 23.7 Å². The highest BCUT2D eigenvalue weighted by atomic mass is 32.1. The molecule has 38 heavy (non-hydrogen) atoms. The van der Waals surface area contributed by atoms with E-state index in [1.807, 2.05) is 42.5 Å². The molecule has 4 aromatic rings. The fourth-order valence-corrected chi connectivity index (χ4v) is 5.43. The van der Waals surface area contributed by atoms with Crippen molar-refractivity contribution in [3.63, 3.8) is 0 Å². The van der Waals surface area contributed by atoms with Crippen LogP contribution in [-0.2, 0) is 6.42 Å². The zero-order valence-electron chi connectivity index (χ0n) is 22.1. The Hall–Kier alpha value is -3.53. The fourth-order valence-electron chi connectivity index (χ4n) is 4.54. The SMILES string of the molecule is CCc1nc(-c2ccccc2)c(Oc2ccnc(N(CCN3CCN(CC)CC3)c3ccc(N)cn3)c2)s1. The van der Waals surface area contributed by atoms with E-state index in [0.717, 1.165) is 90.9 Å². The van der Waals surface area contributed by atoms with E-state index in [4.69, 9.17) is 20.4 Å². The number of hydrogen-bond donors (Lipinski definition) is 1. The summed E-state index contributed by atoms with van der Waals surface area (Å²) >= 11 is 1.59. The van der Waals surface area contributed by atoms with Gasteiger partial charge in [0, 0.05) is 57.1 Å². The van der Waals surface area contributed by atoms with Gasteiger partial charge >= 0.3 is 0 Å². The van der Waals surface area contributed by atoms with Crippen LogP contribution >= 0.6 is 11.3 Å². The van der Waals surface area contributed by atoms with Crippen LogP contribution in [-0.4, -0.2) is 70.6 Å². The molecule has 198 valence electrons. The average Bonchev–Trinajstić information content (AvgIpc) is 3.38. The van der Waals surface area contributed by atoms with Crippen molar-refractivity contribution in [2.45, 2.75) is 20.3 Å². The van der Waals surface area contributed by atoms with Crippen LogP contribution < -0.4 is 15.4 Å². The molecule has 1 fully saturated rings. The molecule has 0 radical (unpaired) electrons. The molecule has 4 heterocycles. The van der Waals surface area contributed by atoms with E-state index in [1.165, 1.54) is 0 Å². The first-order valence-corrected chi connectivity index (χ1v) is 14.1. The summed E-state index contributed by atoms with van der Waals surface area (Å²) in [6, 6.07) is 17.9. The third-order valence-electron chi connectivity index (χ3n) is 6.79. The van der Waals surface area contributed by atoms with Gasteiger partial charge in [0.2, 0.25) is 5.06 Å². The highest BCUT2D eigenvalue weighted by molar-refractivity contribution is 7.14. The molecular weight excluding hydrogens is 494 g/mol. The lowest BCUT2D eigenvalue weighted by atomic mass is 10.2. The third-order valence-corrected chi connectivity index (χ3v) is 7.87. The van der Waals surface area contributed by atoms with Gasteiger partial charge in [-0.3, -0.25) is 4.90 Å². The molecule has 9 heteroatoms. The topological polar surface area (TPSA) is 83.6 Å². The number of nitrogen functional groups attached to an aromatic ring is 1. The van der Waals surface area contributed by atoms with Gasteiger partial charge < -0.3 is 20.3 Å². The molecule has 2 N–H and O–H groups in total. The van der Waals surface area contributed by atoms with Crippen molar-refractivity contribution in [3.05, 3.63) is 72.0 Å². The number of anilines is 3. The molecule has 1 saturated heterocycles. The predicted octanol–water partition coefficient (Wildman–Crippen LogP) is 5.31. The summed E-state index contributed by atoms with van der Waals surface area (Å²) in [5.41, 5.74) is 8.49. The van der Waals surface area contributed by atoms with Crippen LogP contribution in [0.25, 0.3) is 11.3 Å². The Morgan fingerprint density at radius 2 is 1.74 bits per heavy atom. The van der Waals surface area contributed by atoms with Gasteiger partial charge in [-0.25, -0.2) is 15.0 Å². The monoisotopic (exact) mass is 529 g/mol. The number of likely N-dealkylation sites (N-methyl/N-ethyl adjacent to an activating group) is 1. The summed E-state index contributed by atoms with van der Waals surface area (Å²) in [5.74, 6) is 2.32. The van der Waals surface area contributed by atoms with Gasteiger partial charge in [0.25, 0.3) is 0 Å². The van der Waals surface area contributed by atoms with E-state index in [9.17, 15) is 0 Å². The molecule has 0 atom stereocenters. The number of benzene rings is 1. The number of thiazole rings is 1. The number of piperazine rings is 1. The van der Waals surface area contributed by atoms with Crippen molar-refractivity contribution in [1.82, 2.24) is 24.8 Å². The van der Waals surface area contributed by atoms with Gasteiger partial charge in [0.05, 0.1) is 16.9 Å². The molecule has 3 aromatic heterocycles. The van der Waals surface area contributed by atoms with E-state index in [0.29, 0.717) is 5.69 Å². The smallest absolute Gasteiger partial charge is 0.208 e. The lowest BCUT2D eigenvalue weighted by Crippen LogP contribution is -2.48. The fraction of sp³-hybridized carbons (Fsp3) is 0.345. The van der Waals surface area contributed by atoms with Crippen molar-refractivity contribution in [1.29, 1.82) is 0 Å². The molecule has 1 aliphatic rings. The van der Waals surface area contributed by atoms with Crippen LogP contribution in [0.3, 0.4) is 0 Å². The van der Waals surface area contributed by atoms with Crippen LogP contribution in [0.2, 0.25) is 0 Å². The lowest BCUT2D eigenvalue weighted by molar-refractivity contribution is 0.140. The molecular formula is C29H35N7OS. The Bertz CT molecular complexity index is 1300. The largest absolute Gasteiger partial charge is 0.444 e. The predicted molar refractivity (Wildman–Crippen MR) is 155 cm³/mol. The van der Waals surface area contributed by atoms with Crippen molar-refractivity contribution < 1.29 is 4.74 Å². The summed E-state index contributed by atoms with van der Waals surface area (Å²) in [5, 5.41) is 1.83. The van der Waals surface area contributed by atoms with Crippen molar-refractivity contribution in [2.24, 2.45) is 0 Å². The molecule has 5 rings (SSSR count). The van der Waals surface area contributed by atoms with Gasteiger partial charge in [-0.15, -0.1) is 0 Å². The number of nitrogens with zero attached hydrogens (tertiary/aromatic N) is 6. The normalized spacial score (nSPS) is 14.5. The Balaban J connectivity index is 1.39. The number of aryl methyl sites for hydroxylation is 1. The first-order chi connectivity index (χ1) is 18.6. The molecule has 8 nitrogen and oxygen atoms in total. The Morgan fingerprint density at radius 3 is 2.45 bits per heavy atom. The molecule has 1 aromatic carbocycles. The van der Waals surface area contributed by atoms with Crippen LogP contribution in [0.5, 0.6) is 10.8 Å². The minimum absolute atomic E-state index is 0.639. The van der Waals surface area contributed by atoms with Gasteiger partial charge in [0.15, 0.2) is 0 Å². The molecule has 0 spiro atoms. The number of rotatable bonds is 10. The summed E-state index contributed by atoms with van der Waals surface area (Å²) in [7, 11) is 0. The lowest BCUT2D eigenvalue weighted by Gasteiger charge is -2.35. The summed E-state index contributed by atoms with van der Waals surface area (Å²) in [6.07, 6.45) is 4.34. The zero-order chi connectivity index (χ0) is 26.3. The molecule has 0 bridgehead atoms. The number of nitrogens with two attached hydrogens (primary N) is 1. The van der Waals surface area contributed by atoms with E-state index >= 15 is 0 Å². The highest BCUT2D eigenvalue weighted by Gasteiger charge is 2.20. The molecule has 0 unspecified atom stereocenters. The number of hydrogen-bond acceptors (Lipinski definition) is 9. The summed E-state index contributed by atoms with van der Waals surface area (Å²) in [4.78, 5) is 21.3. The second-order valence-electron chi connectivity index (χ2n) is 9.29. The molecule has 0 aliphatic carbocycles. The first-order valence-electron chi connectivity index (χ1n) is 13.3. The van der Waals surface area contributed by atoms with E-state index in [-0.39, 0.29) is 0 Å². The van der Waals surface area contributed by atoms with Crippen LogP contribution in [0.15, 0.2) is 67.0 Å². The zero-order valence-corrected chi connectivity index (χ0v) is 22.9. The first kappa shape index (κ1) is 26.1. The molecule has 0 saturated carbocycles. The second-order valence-corrected chi connectivity index (χ2v) is 10.3. The maximum absolute atomic E-state index is 6.44. The van der Waals surface area contributed by atoms with Gasteiger partial charge in [0.1, 0.15) is 23.1 Å². The van der Waals surface area contributed by atoms with Crippen molar-refractivity contribution in [2.75, 3.05) is 56.4 Å². The highest BCUT2D eigenvalue weighted by Crippen LogP contribution is 2.39. The molecule has 1 aliphatic heterocycles. The quantitative estimate of drug-likeness (QED) is 0.296. The Kier molecular flexibility index (Phi) is 8.47. The van der Waals surface area contributed by atoms with E-state index < -0.39 is 0 Å². The molecule has 0 amide bonds. The standard InChI is InChI=1S/C29H35N7OS/c1-3-27-33-28(22-8-6-5-7-9-22)29(38-27)37-24-12-13-31-26(20-24)36(25-11-10-23(30)21-32-25)19-18-35-16-14-34(4-2)15-17-35/h5-13,20-21H,3-4,14-19,30H2,1-2H3. The van der Waals surface area contributed by atoms with Crippen LogP contribution in [0.1, 0.15) is 18.9 Å². The summed E-state index contributed by atoms with van der Waals surface area (Å²) < 4.78 is 6.44. The van der Waals surface area contributed by atoms with Crippen LogP contribution in [0.4, 0.5) is 17.3 Å². The summed E-state index contributed by atoms with van der Waals surface area (Å²) in [6.45, 7) is 11.5. The Labute approximate surface area is 228 Å². The average molecular weight is 530 g/mol. The van der Waals surface area contributed by atoms with Crippen molar-refractivity contribution >= 4 is 28.7 Å². The van der Waals surface area contributed by atoms with Crippen LogP contribution in [0, 0.1) is 0 Å². The Morgan fingerprint density at radius 1 is 0.947 bits per heavy atom. The maximum atomic E-state index is 6.44. The number of ether oxygens (including phenoxy) is 1. The van der Waals surface area contributed by atoms with Gasteiger partial charge in [-0.2, -0.15) is 0 Å².